The largest absolute Gasteiger partial charge is 0.359 e. The topological polar surface area (TPSA) is 123 Å². The lowest BCUT2D eigenvalue weighted by Gasteiger charge is -2.24. The van der Waals surface area contributed by atoms with Gasteiger partial charge in [-0.15, -0.1) is 0 Å². The number of rotatable bonds is 8. The Balaban J connectivity index is 2.04. The SMILES string of the molecule is COC(CNC(=O)C(=O)NCC1OCCN1S(=O)(=O)c1c(C)cc(C)cc1C)OC. The molecule has 2 rings (SSSR count). The second-order valence-corrected chi connectivity index (χ2v) is 8.82. The summed E-state index contributed by atoms with van der Waals surface area (Å²) >= 11 is 0. The summed E-state index contributed by atoms with van der Waals surface area (Å²) in [4.78, 5) is 24.2. The molecule has 30 heavy (non-hydrogen) atoms. The van der Waals surface area contributed by atoms with E-state index >= 15 is 0 Å². The van der Waals surface area contributed by atoms with Crippen molar-refractivity contribution < 1.29 is 32.2 Å². The number of hydrogen-bond acceptors (Lipinski definition) is 7. The number of carbonyl (C=O) groups excluding carboxylic acids is 2. The predicted molar refractivity (Wildman–Crippen MR) is 108 cm³/mol. The highest BCUT2D eigenvalue weighted by atomic mass is 32.2. The lowest BCUT2D eigenvalue weighted by atomic mass is 10.1. The maximum absolute atomic E-state index is 13.2. The van der Waals surface area contributed by atoms with E-state index in [0.29, 0.717) is 11.1 Å². The minimum absolute atomic E-state index is 0.00827. The van der Waals surface area contributed by atoms with E-state index in [2.05, 4.69) is 10.6 Å². The van der Waals surface area contributed by atoms with Crippen LogP contribution < -0.4 is 10.6 Å². The van der Waals surface area contributed by atoms with E-state index in [9.17, 15) is 18.0 Å². The summed E-state index contributed by atoms with van der Waals surface area (Å²) < 4.78 is 43.1. The van der Waals surface area contributed by atoms with Crippen molar-refractivity contribution in [3.05, 3.63) is 28.8 Å². The molecule has 1 fully saturated rings. The maximum atomic E-state index is 13.2. The molecule has 2 amide bonds. The summed E-state index contributed by atoms with van der Waals surface area (Å²) in [6, 6.07) is 3.62. The molecule has 168 valence electrons. The second-order valence-electron chi connectivity index (χ2n) is 6.99. The number of benzene rings is 1. The van der Waals surface area contributed by atoms with E-state index in [4.69, 9.17) is 14.2 Å². The molecule has 0 bridgehead atoms. The summed E-state index contributed by atoms with van der Waals surface area (Å²) in [5.74, 6) is -1.79. The van der Waals surface area contributed by atoms with Crippen LogP contribution in [0.15, 0.2) is 17.0 Å². The van der Waals surface area contributed by atoms with Crippen molar-refractivity contribution in [1.82, 2.24) is 14.9 Å². The highest BCUT2D eigenvalue weighted by molar-refractivity contribution is 7.89. The standard InChI is InChI=1S/C19H29N3O7S/c1-12-8-13(2)17(14(3)9-12)30(25,26)22-6-7-29-15(22)10-20-18(23)19(24)21-11-16(27-4)28-5/h8-9,15-16H,6-7,10-11H2,1-5H3,(H,20,23)(H,21,24). The molecule has 1 atom stereocenters. The monoisotopic (exact) mass is 443 g/mol. The number of methoxy groups -OCH3 is 2. The van der Waals surface area contributed by atoms with Crippen LogP contribution in [0, 0.1) is 20.8 Å². The number of carbonyl (C=O) groups is 2. The zero-order chi connectivity index (χ0) is 22.5. The van der Waals surface area contributed by atoms with Crippen LogP contribution in [0.3, 0.4) is 0 Å². The van der Waals surface area contributed by atoms with Crippen molar-refractivity contribution in [3.63, 3.8) is 0 Å². The zero-order valence-corrected chi connectivity index (χ0v) is 18.7. The quantitative estimate of drug-likeness (QED) is 0.422. The van der Waals surface area contributed by atoms with Crippen molar-refractivity contribution in [1.29, 1.82) is 0 Å². The first-order valence-corrected chi connectivity index (χ1v) is 10.9. The molecule has 1 aromatic rings. The van der Waals surface area contributed by atoms with Crippen LogP contribution in [0.25, 0.3) is 0 Å². The van der Waals surface area contributed by atoms with Gasteiger partial charge in [-0.2, -0.15) is 4.31 Å². The van der Waals surface area contributed by atoms with E-state index in [1.807, 2.05) is 19.1 Å². The Morgan fingerprint density at radius 1 is 1.13 bits per heavy atom. The molecule has 1 aromatic carbocycles. The molecule has 1 aliphatic heterocycles. The van der Waals surface area contributed by atoms with Gasteiger partial charge in [-0.05, 0) is 31.9 Å². The lowest BCUT2D eigenvalue weighted by molar-refractivity contribution is -0.142. The van der Waals surface area contributed by atoms with Crippen molar-refractivity contribution in [2.75, 3.05) is 40.5 Å². The molecule has 0 aliphatic carbocycles. The molecule has 1 saturated heterocycles. The minimum atomic E-state index is -3.84. The van der Waals surface area contributed by atoms with Crippen LogP contribution in [-0.2, 0) is 33.8 Å². The molecule has 1 aliphatic rings. The van der Waals surface area contributed by atoms with Crippen molar-refractivity contribution in [3.8, 4) is 0 Å². The van der Waals surface area contributed by atoms with Gasteiger partial charge in [-0.25, -0.2) is 8.42 Å². The third kappa shape index (κ3) is 5.55. The van der Waals surface area contributed by atoms with Crippen LogP contribution in [0.2, 0.25) is 0 Å². The summed E-state index contributed by atoms with van der Waals surface area (Å²) in [7, 11) is -1.02. The van der Waals surface area contributed by atoms with Gasteiger partial charge in [0.1, 0.15) is 6.23 Å². The molecule has 2 N–H and O–H groups in total. The molecule has 0 aromatic heterocycles. The van der Waals surface area contributed by atoms with E-state index < -0.39 is 34.4 Å². The molecule has 0 spiro atoms. The van der Waals surface area contributed by atoms with Gasteiger partial charge < -0.3 is 24.8 Å². The Bertz CT molecular complexity index is 861. The van der Waals surface area contributed by atoms with Gasteiger partial charge in [0.2, 0.25) is 10.0 Å². The molecule has 11 heteroatoms. The molecule has 1 unspecified atom stereocenters. The van der Waals surface area contributed by atoms with Gasteiger partial charge >= 0.3 is 11.8 Å². The average Bonchev–Trinajstić information content (AvgIpc) is 3.15. The van der Waals surface area contributed by atoms with Crippen LogP contribution >= 0.6 is 0 Å². The highest BCUT2D eigenvalue weighted by Gasteiger charge is 2.38. The Morgan fingerprint density at radius 3 is 2.27 bits per heavy atom. The fourth-order valence-corrected chi connectivity index (χ4v) is 5.34. The van der Waals surface area contributed by atoms with Gasteiger partial charge in [0.25, 0.3) is 0 Å². The third-order valence-electron chi connectivity index (χ3n) is 4.71. The van der Waals surface area contributed by atoms with E-state index in [0.717, 1.165) is 5.56 Å². The second kappa shape index (κ2) is 10.3. The van der Waals surface area contributed by atoms with Gasteiger partial charge in [0, 0.05) is 20.8 Å². The molecule has 0 saturated carbocycles. The summed E-state index contributed by atoms with van der Waals surface area (Å²) in [5.41, 5.74) is 2.26. The smallest absolute Gasteiger partial charge is 0.309 e. The van der Waals surface area contributed by atoms with Crippen LogP contribution in [0.4, 0.5) is 0 Å². The first-order chi connectivity index (χ1) is 14.1. The first kappa shape index (κ1) is 24.2. The number of aryl methyl sites for hydroxylation is 3. The van der Waals surface area contributed by atoms with E-state index in [-0.39, 0.29) is 31.1 Å². The van der Waals surface area contributed by atoms with Gasteiger partial charge in [0.15, 0.2) is 6.29 Å². The Hall–Kier alpha value is -2.05. The predicted octanol–water partition coefficient (Wildman–Crippen LogP) is -0.190. The zero-order valence-electron chi connectivity index (χ0n) is 17.9. The van der Waals surface area contributed by atoms with Crippen LogP contribution in [0.5, 0.6) is 0 Å². The Kier molecular flexibility index (Phi) is 8.33. The van der Waals surface area contributed by atoms with Gasteiger partial charge in [0.05, 0.1) is 24.6 Å². The maximum Gasteiger partial charge on any atom is 0.309 e. The first-order valence-electron chi connectivity index (χ1n) is 9.44. The van der Waals surface area contributed by atoms with Crippen molar-refractivity contribution in [2.24, 2.45) is 0 Å². The number of amides is 2. The van der Waals surface area contributed by atoms with Crippen LogP contribution in [0.1, 0.15) is 16.7 Å². The molecule has 1 heterocycles. The minimum Gasteiger partial charge on any atom is -0.359 e. The number of nitrogens with one attached hydrogen (secondary N) is 2. The normalized spacial score (nSPS) is 17.3. The van der Waals surface area contributed by atoms with Crippen molar-refractivity contribution in [2.45, 2.75) is 38.2 Å². The average molecular weight is 444 g/mol. The van der Waals surface area contributed by atoms with Gasteiger partial charge in [-0.3, -0.25) is 9.59 Å². The lowest BCUT2D eigenvalue weighted by Crippen LogP contribution is -2.48. The molecule has 0 radical (unpaired) electrons. The fourth-order valence-electron chi connectivity index (χ4n) is 3.41. The highest BCUT2D eigenvalue weighted by Crippen LogP contribution is 2.28. The summed E-state index contributed by atoms with van der Waals surface area (Å²) in [6.45, 7) is 5.58. The number of nitrogens with zero attached hydrogens (tertiary/aromatic N) is 1. The molecular formula is C19H29N3O7S. The van der Waals surface area contributed by atoms with Gasteiger partial charge in [-0.1, -0.05) is 17.7 Å². The summed E-state index contributed by atoms with van der Waals surface area (Å²) in [5, 5.41) is 4.79. The molecule has 10 nitrogen and oxygen atoms in total. The Labute approximate surface area is 176 Å². The van der Waals surface area contributed by atoms with Crippen LogP contribution in [-0.4, -0.2) is 77.5 Å². The number of ether oxygens (including phenoxy) is 3. The summed E-state index contributed by atoms with van der Waals surface area (Å²) in [6.07, 6.45) is -1.58. The number of sulfonamides is 1. The molecular weight excluding hydrogens is 414 g/mol. The Morgan fingerprint density at radius 2 is 1.70 bits per heavy atom. The third-order valence-corrected chi connectivity index (χ3v) is 6.91. The fraction of sp³-hybridized carbons (Fsp3) is 0.579. The number of hydrogen-bond donors (Lipinski definition) is 2. The van der Waals surface area contributed by atoms with Crippen molar-refractivity contribution >= 4 is 21.8 Å². The van der Waals surface area contributed by atoms with E-state index in [1.165, 1.54) is 18.5 Å². The van der Waals surface area contributed by atoms with E-state index in [1.54, 1.807) is 13.8 Å².